The predicted molar refractivity (Wildman–Crippen MR) is 53.4 cm³/mol. The maximum absolute atomic E-state index is 11.3. The minimum absolute atomic E-state index is 0.0303. The summed E-state index contributed by atoms with van der Waals surface area (Å²) in [6.45, 7) is -0.375. The number of hydrogen-bond donors (Lipinski definition) is 0. The van der Waals surface area contributed by atoms with E-state index in [1.165, 1.54) is 18.4 Å². The van der Waals surface area contributed by atoms with Crippen molar-refractivity contribution in [1.29, 1.82) is 5.26 Å². The van der Waals surface area contributed by atoms with Gasteiger partial charge in [-0.3, -0.25) is 0 Å². The van der Waals surface area contributed by atoms with Crippen molar-refractivity contribution in [3.8, 4) is 6.26 Å². The van der Waals surface area contributed by atoms with E-state index in [4.69, 9.17) is 10.00 Å². The van der Waals surface area contributed by atoms with Gasteiger partial charge in [0.25, 0.3) is 6.26 Å². The molecule has 0 aliphatic heterocycles. The van der Waals surface area contributed by atoms with Crippen LogP contribution in [0.5, 0.6) is 0 Å². The zero-order chi connectivity index (χ0) is 13.6. The fourth-order valence-corrected chi connectivity index (χ4v) is 0.755. The molecule has 0 heterocycles. The third-order valence-electron chi connectivity index (χ3n) is 1.40. The van der Waals surface area contributed by atoms with Gasteiger partial charge < -0.3 is 14.2 Å². The van der Waals surface area contributed by atoms with Crippen LogP contribution in [0.3, 0.4) is 0 Å². The van der Waals surface area contributed by atoms with Gasteiger partial charge in [-0.15, -0.1) is 0 Å². The first-order valence-electron chi connectivity index (χ1n) is 4.66. The van der Waals surface area contributed by atoms with Crippen LogP contribution in [0.15, 0.2) is 9.98 Å². The van der Waals surface area contributed by atoms with Crippen molar-refractivity contribution in [2.75, 3.05) is 26.3 Å². The maximum atomic E-state index is 11.3. The van der Waals surface area contributed by atoms with Crippen LogP contribution in [-0.4, -0.2) is 50.7 Å². The smallest absolute Gasteiger partial charge is 0.377 e. The average molecular weight is 255 g/mol. The largest absolute Gasteiger partial charge is 0.459 e. The quantitative estimate of drug-likeness (QED) is 0.130. The normalized spacial score (nSPS) is 10.2. The van der Waals surface area contributed by atoms with E-state index in [9.17, 15) is 14.4 Å². The fourth-order valence-electron chi connectivity index (χ4n) is 0.755. The van der Waals surface area contributed by atoms with Crippen molar-refractivity contribution in [3.05, 3.63) is 0 Å². The summed E-state index contributed by atoms with van der Waals surface area (Å²) in [6.07, 6.45) is 2.27. The molecular formula is C9H9N3O6. The molecule has 0 spiro atoms. The molecule has 0 saturated carbocycles. The SMILES string of the molecule is N#COC(OCCN=C=O)C(=O)OCCN=C=O. The Labute approximate surface area is 102 Å². The second kappa shape index (κ2) is 11.0. The van der Waals surface area contributed by atoms with Gasteiger partial charge in [-0.1, -0.05) is 0 Å². The number of carbonyl (C=O) groups excluding carboxylic acids is 3. The Kier molecular flexibility index (Phi) is 9.44. The first-order chi connectivity index (χ1) is 8.76. The summed E-state index contributed by atoms with van der Waals surface area (Å²) in [5.41, 5.74) is 0. The summed E-state index contributed by atoms with van der Waals surface area (Å²) < 4.78 is 13.7. The molecular weight excluding hydrogens is 246 g/mol. The third kappa shape index (κ3) is 7.73. The predicted octanol–water partition coefficient (Wildman–Crippen LogP) is -0.958. The minimum Gasteiger partial charge on any atom is -0.459 e. The highest BCUT2D eigenvalue weighted by Gasteiger charge is 2.22. The van der Waals surface area contributed by atoms with E-state index < -0.39 is 12.3 Å². The van der Waals surface area contributed by atoms with E-state index in [0.29, 0.717) is 0 Å². The molecule has 96 valence electrons. The molecule has 0 amide bonds. The number of carbonyl (C=O) groups is 1. The van der Waals surface area contributed by atoms with Crippen molar-refractivity contribution in [3.63, 3.8) is 0 Å². The van der Waals surface area contributed by atoms with Gasteiger partial charge in [0, 0.05) is 0 Å². The Bertz CT molecular complexity index is 392. The van der Waals surface area contributed by atoms with Crippen molar-refractivity contribution < 1.29 is 28.6 Å². The van der Waals surface area contributed by atoms with Gasteiger partial charge in [-0.2, -0.15) is 5.26 Å². The van der Waals surface area contributed by atoms with Crippen LogP contribution in [0.1, 0.15) is 0 Å². The lowest BCUT2D eigenvalue weighted by Crippen LogP contribution is -2.29. The van der Waals surface area contributed by atoms with E-state index in [-0.39, 0.29) is 26.3 Å². The minimum atomic E-state index is -1.54. The number of isocyanates is 2. The molecule has 0 aromatic carbocycles. The molecule has 0 saturated heterocycles. The van der Waals surface area contributed by atoms with Crippen LogP contribution in [0.4, 0.5) is 0 Å². The topological polar surface area (TPSA) is 127 Å². The van der Waals surface area contributed by atoms with E-state index in [0.717, 1.165) is 0 Å². The van der Waals surface area contributed by atoms with Crippen LogP contribution >= 0.6 is 0 Å². The van der Waals surface area contributed by atoms with E-state index in [1.807, 2.05) is 0 Å². The highest BCUT2D eigenvalue weighted by molar-refractivity contribution is 5.73. The third-order valence-corrected chi connectivity index (χ3v) is 1.40. The van der Waals surface area contributed by atoms with Gasteiger partial charge in [0.05, 0.1) is 19.7 Å². The number of nitriles is 1. The lowest BCUT2D eigenvalue weighted by Gasteiger charge is -2.12. The van der Waals surface area contributed by atoms with Crippen molar-refractivity contribution in [2.45, 2.75) is 6.29 Å². The first-order valence-corrected chi connectivity index (χ1v) is 4.66. The van der Waals surface area contributed by atoms with Gasteiger partial charge >= 0.3 is 12.3 Å². The van der Waals surface area contributed by atoms with Gasteiger partial charge in [-0.05, 0) is 0 Å². The van der Waals surface area contributed by atoms with E-state index in [1.54, 1.807) is 0 Å². The number of ether oxygens (including phenoxy) is 3. The molecule has 9 nitrogen and oxygen atoms in total. The number of nitrogens with zero attached hydrogens (tertiary/aromatic N) is 3. The second-order valence-corrected chi connectivity index (χ2v) is 2.53. The zero-order valence-corrected chi connectivity index (χ0v) is 9.20. The Morgan fingerprint density at radius 3 is 2.33 bits per heavy atom. The monoisotopic (exact) mass is 255 g/mol. The van der Waals surface area contributed by atoms with E-state index in [2.05, 4.69) is 19.5 Å². The second-order valence-electron chi connectivity index (χ2n) is 2.53. The molecule has 0 N–H and O–H groups in total. The number of rotatable bonds is 9. The molecule has 0 aromatic rings. The molecule has 18 heavy (non-hydrogen) atoms. The summed E-state index contributed by atoms with van der Waals surface area (Å²) in [5, 5.41) is 8.28. The van der Waals surface area contributed by atoms with Crippen LogP contribution < -0.4 is 0 Å². The van der Waals surface area contributed by atoms with Gasteiger partial charge in [-0.25, -0.2) is 24.4 Å². The average Bonchev–Trinajstić information content (AvgIpc) is 2.38. The molecule has 0 fully saturated rings. The fraction of sp³-hybridized carbons (Fsp3) is 0.556. The van der Waals surface area contributed by atoms with Crippen molar-refractivity contribution >= 4 is 18.1 Å². The summed E-state index contributed by atoms with van der Waals surface area (Å²) in [5.74, 6) is -0.951. The van der Waals surface area contributed by atoms with E-state index >= 15 is 0 Å². The lowest BCUT2D eigenvalue weighted by atomic mass is 10.6. The number of aliphatic imine (C=N–C) groups is 2. The summed E-state index contributed by atoms with van der Waals surface area (Å²) >= 11 is 0. The first kappa shape index (κ1) is 15.5. The maximum Gasteiger partial charge on any atom is 0.377 e. The Balaban J connectivity index is 4.05. The Morgan fingerprint density at radius 2 is 1.78 bits per heavy atom. The molecule has 0 radical (unpaired) electrons. The molecule has 9 heteroatoms. The molecule has 1 unspecified atom stereocenters. The molecule has 1 atom stereocenters. The molecule has 0 aromatic heterocycles. The Hall–Kier alpha value is -2.52. The van der Waals surface area contributed by atoms with Crippen molar-refractivity contribution in [2.24, 2.45) is 9.98 Å². The van der Waals surface area contributed by atoms with Gasteiger partial charge in [0.1, 0.15) is 6.61 Å². The van der Waals surface area contributed by atoms with Gasteiger partial charge in [0.15, 0.2) is 0 Å². The summed E-state index contributed by atoms with van der Waals surface area (Å²) in [6, 6.07) is 0. The standard InChI is InChI=1S/C9H9N3O6/c10-5-18-9(17-4-2-12-7-14)8(15)16-3-1-11-6-13/h9H,1-4H2. The van der Waals surface area contributed by atoms with Crippen molar-refractivity contribution in [1.82, 2.24) is 0 Å². The molecule has 0 aliphatic rings. The van der Waals surface area contributed by atoms with Crippen LogP contribution in [0, 0.1) is 11.5 Å². The number of hydrogen-bond acceptors (Lipinski definition) is 9. The highest BCUT2D eigenvalue weighted by Crippen LogP contribution is 1.98. The van der Waals surface area contributed by atoms with Crippen LogP contribution in [-0.2, 0) is 28.6 Å². The molecule has 0 rings (SSSR count). The highest BCUT2D eigenvalue weighted by atomic mass is 16.7. The molecule has 0 bridgehead atoms. The zero-order valence-electron chi connectivity index (χ0n) is 9.20. The summed E-state index contributed by atoms with van der Waals surface area (Å²) in [4.78, 5) is 37.1. The lowest BCUT2D eigenvalue weighted by molar-refractivity contribution is -0.181. The van der Waals surface area contributed by atoms with Crippen LogP contribution in [0.25, 0.3) is 0 Å². The summed E-state index contributed by atoms with van der Waals surface area (Å²) in [7, 11) is 0. The van der Waals surface area contributed by atoms with Gasteiger partial charge in [0.2, 0.25) is 12.2 Å². The molecule has 0 aliphatic carbocycles. The Morgan fingerprint density at radius 1 is 1.17 bits per heavy atom. The van der Waals surface area contributed by atoms with Crippen LogP contribution in [0.2, 0.25) is 0 Å². The number of esters is 1.